The first kappa shape index (κ1) is 37.0. The minimum atomic E-state index is -2.65. The molecule has 2 fully saturated rings. The molecule has 8 aromatic rings. The third-order valence-electron chi connectivity index (χ3n) is 14.3. The fourth-order valence-corrected chi connectivity index (χ4v) is 19.6. The molecule has 3 aliphatic rings. The van der Waals surface area contributed by atoms with Crippen molar-refractivity contribution in [3.05, 3.63) is 122 Å². The topological polar surface area (TPSA) is 58.0 Å². The molecular weight excluding hydrogens is 759 g/mol. The number of hydrogen-bond acceptors (Lipinski definition) is 6. The van der Waals surface area contributed by atoms with Crippen LogP contribution < -0.4 is 31.0 Å². The molecule has 11 rings (SSSR count). The SMILES string of the molecule is CN1c2cc3cccnc3cc2P(C2CCCCC2)c2cc3ncccc3cc2N(C)c2cc3cccnc3cc2[PH](C)(C2CCCCC2)c2cc3ncccc3cc21. The van der Waals surface area contributed by atoms with Gasteiger partial charge in [-0.25, -0.2) is 0 Å². The van der Waals surface area contributed by atoms with Gasteiger partial charge in [0.15, 0.2) is 0 Å². The van der Waals surface area contributed by atoms with Crippen molar-refractivity contribution in [2.75, 3.05) is 30.6 Å². The van der Waals surface area contributed by atoms with E-state index in [1.165, 1.54) is 130 Å². The van der Waals surface area contributed by atoms with E-state index in [1.54, 1.807) is 0 Å². The van der Waals surface area contributed by atoms with Gasteiger partial charge in [-0.15, -0.1) is 0 Å². The van der Waals surface area contributed by atoms with Crippen LogP contribution in [-0.4, -0.2) is 52.0 Å². The van der Waals surface area contributed by atoms with Gasteiger partial charge in [-0.2, -0.15) is 0 Å². The predicted molar refractivity (Wildman–Crippen MR) is 257 cm³/mol. The summed E-state index contributed by atoms with van der Waals surface area (Å²) in [6.07, 6.45) is 20.5. The molecule has 4 aromatic heterocycles. The Kier molecular flexibility index (Phi) is 9.35. The molecule has 0 N–H and O–H groups in total. The Morgan fingerprint density at radius 2 is 0.847 bits per heavy atom. The van der Waals surface area contributed by atoms with E-state index in [0.717, 1.165) is 22.1 Å². The number of rotatable bonds is 2. The normalized spacial score (nSPS) is 19.4. The number of fused-ring (bicyclic) bond motifs is 8. The van der Waals surface area contributed by atoms with Gasteiger partial charge in [-0.1, -0.05) is 0 Å². The van der Waals surface area contributed by atoms with Crippen LogP contribution in [0.25, 0.3) is 43.6 Å². The van der Waals surface area contributed by atoms with Crippen molar-refractivity contribution < 1.29 is 0 Å². The fraction of sp³-hybridized carbons (Fsp3) is 0.294. The van der Waals surface area contributed by atoms with Crippen LogP contribution >= 0.6 is 15.2 Å². The molecule has 0 spiro atoms. The van der Waals surface area contributed by atoms with Crippen LogP contribution in [0, 0.1) is 0 Å². The van der Waals surface area contributed by atoms with Crippen LogP contribution in [0.2, 0.25) is 0 Å². The van der Waals surface area contributed by atoms with E-state index < -0.39 is 15.2 Å². The monoisotopic (exact) mass is 810 g/mol. The maximum atomic E-state index is 5.06. The molecule has 8 heteroatoms. The van der Waals surface area contributed by atoms with Gasteiger partial charge in [0.25, 0.3) is 0 Å². The zero-order chi connectivity index (χ0) is 39.7. The van der Waals surface area contributed by atoms with Crippen LogP contribution in [0.5, 0.6) is 0 Å². The molecule has 6 nitrogen and oxygen atoms in total. The zero-order valence-electron chi connectivity index (χ0n) is 34.4. The molecular formula is C51H52N6P2. The van der Waals surface area contributed by atoms with Crippen LogP contribution in [0.4, 0.5) is 22.7 Å². The number of aromatic nitrogens is 4. The van der Waals surface area contributed by atoms with Gasteiger partial charge in [-0.3, -0.25) is 0 Å². The quantitative estimate of drug-likeness (QED) is 0.162. The second kappa shape index (κ2) is 14.9. The Balaban J connectivity index is 1.33. The molecule has 5 heterocycles. The average Bonchev–Trinajstić information content (AvgIpc) is 3.30. The van der Waals surface area contributed by atoms with E-state index in [2.05, 4.69) is 128 Å². The van der Waals surface area contributed by atoms with Gasteiger partial charge >= 0.3 is 351 Å². The average molecular weight is 811 g/mol. The third kappa shape index (κ3) is 6.20. The van der Waals surface area contributed by atoms with Crippen molar-refractivity contribution in [2.45, 2.75) is 75.5 Å². The van der Waals surface area contributed by atoms with Gasteiger partial charge in [-0.05, 0) is 0 Å². The Morgan fingerprint density at radius 1 is 0.475 bits per heavy atom. The van der Waals surface area contributed by atoms with Crippen molar-refractivity contribution >= 4 is 103 Å². The first-order chi connectivity index (χ1) is 29.0. The molecule has 59 heavy (non-hydrogen) atoms. The molecule has 0 atom stereocenters. The second-order valence-electron chi connectivity index (χ2n) is 17.5. The van der Waals surface area contributed by atoms with Crippen molar-refractivity contribution in [3.63, 3.8) is 0 Å². The maximum absolute atomic E-state index is 5.06. The van der Waals surface area contributed by atoms with Crippen molar-refractivity contribution in [1.29, 1.82) is 0 Å². The van der Waals surface area contributed by atoms with Gasteiger partial charge in [0, 0.05) is 0 Å². The summed E-state index contributed by atoms with van der Waals surface area (Å²) in [7, 11) is 1.19. The summed E-state index contributed by atoms with van der Waals surface area (Å²) in [5.74, 6) is 0. The van der Waals surface area contributed by atoms with Crippen LogP contribution in [-0.2, 0) is 0 Å². The summed E-state index contributed by atoms with van der Waals surface area (Å²) in [6.45, 7) is 2.70. The van der Waals surface area contributed by atoms with Gasteiger partial charge in [0.1, 0.15) is 0 Å². The van der Waals surface area contributed by atoms with Crippen molar-refractivity contribution in [3.8, 4) is 0 Å². The van der Waals surface area contributed by atoms with Gasteiger partial charge in [0.2, 0.25) is 0 Å². The Bertz CT molecular complexity index is 2720. The second-order valence-corrected chi connectivity index (χ2v) is 24.3. The predicted octanol–water partition coefficient (Wildman–Crippen LogP) is 11.2. The zero-order valence-corrected chi connectivity index (χ0v) is 36.3. The first-order valence-electron chi connectivity index (χ1n) is 21.8. The number of nitrogens with zero attached hydrogens (tertiary/aromatic N) is 6. The molecule has 0 bridgehead atoms. The van der Waals surface area contributed by atoms with E-state index >= 15 is 0 Å². The minimum absolute atomic E-state index is 0.533. The van der Waals surface area contributed by atoms with E-state index in [4.69, 9.17) is 19.9 Å². The van der Waals surface area contributed by atoms with Crippen LogP contribution in [0.3, 0.4) is 0 Å². The van der Waals surface area contributed by atoms with Gasteiger partial charge in [0.05, 0.1) is 0 Å². The Hall–Kier alpha value is -5.02. The molecule has 2 aliphatic carbocycles. The molecule has 0 radical (unpaired) electrons. The molecule has 0 amide bonds. The number of benzene rings is 4. The van der Waals surface area contributed by atoms with E-state index in [0.29, 0.717) is 11.3 Å². The Labute approximate surface area is 349 Å². The Morgan fingerprint density at radius 3 is 1.27 bits per heavy atom. The summed E-state index contributed by atoms with van der Waals surface area (Å²) in [6, 6.07) is 37.2. The fourth-order valence-electron chi connectivity index (χ4n) is 11.1. The van der Waals surface area contributed by atoms with E-state index in [-0.39, 0.29) is 0 Å². The van der Waals surface area contributed by atoms with E-state index in [9.17, 15) is 0 Å². The van der Waals surface area contributed by atoms with Crippen LogP contribution in [0.1, 0.15) is 64.2 Å². The number of hydrogen-bond donors (Lipinski definition) is 0. The van der Waals surface area contributed by atoms with Crippen molar-refractivity contribution in [1.82, 2.24) is 19.9 Å². The summed E-state index contributed by atoms with van der Waals surface area (Å²) in [5.41, 5.74) is 10.6. The first-order valence-corrected chi connectivity index (χ1v) is 25.8. The molecule has 0 unspecified atom stereocenters. The molecule has 2 saturated carbocycles. The molecule has 296 valence electrons. The summed E-state index contributed by atoms with van der Waals surface area (Å²) in [4.78, 5) is 25.4. The van der Waals surface area contributed by atoms with Gasteiger partial charge < -0.3 is 0 Å². The van der Waals surface area contributed by atoms with Crippen molar-refractivity contribution in [2.24, 2.45) is 0 Å². The summed E-state index contributed by atoms with van der Waals surface area (Å²) >= 11 is 0. The standard InChI is InChI=1S/C51H52N6P2/c1-56-44-26-34-14-10-22-52-40(34)30-48(44)58(38-18-6-4-7-19-38)49-31-41-35(15-11-23-53-41)27-45(49)57(2)47-29-37-17-13-25-55-43(37)33-51(47)59(3,39-20-8-5-9-21-39)50-32-42-36(28-46(50)56)16-12-24-54-42/h10-17,22-33,38-39,59H,4-9,18-21H2,1-3H3. The third-order valence-corrected chi connectivity index (χ3v) is 22.5. The number of anilines is 4. The number of pyridine rings is 4. The molecule has 1 aliphatic heterocycles. The summed E-state index contributed by atoms with van der Waals surface area (Å²) < 4.78 is 0. The van der Waals surface area contributed by atoms with Crippen LogP contribution in [0.15, 0.2) is 122 Å². The van der Waals surface area contributed by atoms with E-state index in [1.807, 2.05) is 24.8 Å². The summed E-state index contributed by atoms with van der Waals surface area (Å²) in [5, 5.41) is 10.5. The molecule has 4 aromatic carbocycles. The molecule has 0 saturated heterocycles.